The summed E-state index contributed by atoms with van der Waals surface area (Å²) >= 11 is 0. The molecular weight excluding hydrogens is 294 g/mol. The number of hydrogen-bond donors (Lipinski definition) is 1. The third-order valence-corrected chi connectivity index (χ3v) is 5.95. The van der Waals surface area contributed by atoms with Crippen molar-refractivity contribution in [1.82, 2.24) is 4.31 Å². The van der Waals surface area contributed by atoms with E-state index in [1.807, 2.05) is 6.92 Å². The Bertz CT molecular complexity index is 630. The second kappa shape index (κ2) is 5.47. The van der Waals surface area contributed by atoms with Gasteiger partial charge in [0.2, 0.25) is 10.0 Å². The molecule has 0 amide bonds. The molecule has 1 aromatic rings. The SMILES string of the molecule is C[C@@H]1CN(S(=O)(=O)c2ccc3c(c2)OCCO3)C[C@H]1CO. The molecule has 2 heterocycles. The van der Waals surface area contributed by atoms with Gasteiger partial charge >= 0.3 is 0 Å². The second-order valence-corrected chi connectivity index (χ2v) is 7.49. The third kappa shape index (κ3) is 2.61. The number of benzene rings is 1. The van der Waals surface area contributed by atoms with Crippen molar-refractivity contribution in [1.29, 1.82) is 0 Å². The second-order valence-electron chi connectivity index (χ2n) is 5.55. The Morgan fingerprint density at radius 2 is 1.95 bits per heavy atom. The average Bonchev–Trinajstić information content (AvgIpc) is 2.88. The number of aliphatic hydroxyl groups is 1. The Balaban J connectivity index is 1.89. The summed E-state index contributed by atoms with van der Waals surface area (Å²) in [5, 5.41) is 9.29. The predicted octanol–water partition coefficient (Wildman–Crippen LogP) is 0.707. The van der Waals surface area contributed by atoms with Gasteiger partial charge in [0, 0.05) is 25.8 Å². The summed E-state index contributed by atoms with van der Waals surface area (Å²) in [5.74, 6) is 1.19. The number of aliphatic hydroxyl groups excluding tert-OH is 1. The summed E-state index contributed by atoms with van der Waals surface area (Å²) in [6.07, 6.45) is 0. The fraction of sp³-hybridized carbons (Fsp3) is 0.571. The lowest BCUT2D eigenvalue weighted by Gasteiger charge is -2.21. The van der Waals surface area contributed by atoms with Gasteiger partial charge in [-0.05, 0) is 24.0 Å². The topological polar surface area (TPSA) is 76.1 Å². The highest BCUT2D eigenvalue weighted by Gasteiger charge is 2.37. The standard InChI is InChI=1S/C14H19NO5S/c1-10-7-15(8-11(10)9-16)21(17,18)12-2-3-13-14(6-12)20-5-4-19-13/h2-3,6,10-11,16H,4-5,7-9H2,1H3/t10-,11+/m1/s1. The molecule has 0 spiro atoms. The van der Waals surface area contributed by atoms with Gasteiger partial charge in [-0.2, -0.15) is 4.31 Å². The fourth-order valence-electron chi connectivity index (χ4n) is 2.75. The van der Waals surface area contributed by atoms with Gasteiger partial charge in [0.05, 0.1) is 4.90 Å². The molecule has 0 unspecified atom stereocenters. The highest BCUT2D eigenvalue weighted by molar-refractivity contribution is 7.89. The minimum atomic E-state index is -3.56. The molecule has 0 aliphatic carbocycles. The largest absolute Gasteiger partial charge is 0.486 e. The van der Waals surface area contributed by atoms with Crippen LogP contribution in [0, 0.1) is 11.8 Å². The lowest BCUT2D eigenvalue weighted by molar-refractivity contribution is 0.171. The molecule has 0 bridgehead atoms. The van der Waals surface area contributed by atoms with E-state index >= 15 is 0 Å². The van der Waals surface area contributed by atoms with Gasteiger partial charge in [-0.15, -0.1) is 0 Å². The molecule has 1 aromatic carbocycles. The molecule has 116 valence electrons. The molecule has 2 aliphatic rings. The van der Waals surface area contributed by atoms with Gasteiger partial charge < -0.3 is 14.6 Å². The Labute approximate surface area is 124 Å². The lowest BCUT2D eigenvalue weighted by atomic mass is 10.00. The van der Waals surface area contributed by atoms with Crippen LogP contribution in [0.15, 0.2) is 23.1 Å². The van der Waals surface area contributed by atoms with E-state index in [9.17, 15) is 13.5 Å². The molecule has 0 radical (unpaired) electrons. The highest BCUT2D eigenvalue weighted by Crippen LogP contribution is 2.35. The van der Waals surface area contributed by atoms with Crippen LogP contribution in [-0.2, 0) is 10.0 Å². The summed E-state index contributed by atoms with van der Waals surface area (Å²) in [6.45, 7) is 3.65. The molecule has 3 rings (SSSR count). The first-order chi connectivity index (χ1) is 10.0. The zero-order chi connectivity index (χ0) is 15.0. The van der Waals surface area contributed by atoms with Crippen molar-refractivity contribution in [3.8, 4) is 11.5 Å². The summed E-state index contributed by atoms with van der Waals surface area (Å²) in [4.78, 5) is 0.206. The number of hydrogen-bond acceptors (Lipinski definition) is 5. The summed E-state index contributed by atoms with van der Waals surface area (Å²) in [7, 11) is -3.56. The Kier molecular flexibility index (Phi) is 3.81. The zero-order valence-electron chi connectivity index (χ0n) is 11.9. The van der Waals surface area contributed by atoms with Gasteiger partial charge in [-0.1, -0.05) is 6.92 Å². The van der Waals surface area contributed by atoms with E-state index in [4.69, 9.17) is 9.47 Å². The van der Waals surface area contributed by atoms with E-state index in [0.717, 1.165) is 0 Å². The normalized spacial score (nSPS) is 26.0. The smallest absolute Gasteiger partial charge is 0.243 e. The number of sulfonamides is 1. The van der Waals surface area contributed by atoms with E-state index < -0.39 is 10.0 Å². The molecule has 1 saturated heterocycles. The van der Waals surface area contributed by atoms with Gasteiger partial charge in [0.15, 0.2) is 11.5 Å². The van der Waals surface area contributed by atoms with Gasteiger partial charge in [-0.3, -0.25) is 0 Å². The quantitative estimate of drug-likeness (QED) is 0.889. The Hall–Kier alpha value is -1.31. The van der Waals surface area contributed by atoms with Gasteiger partial charge in [0.25, 0.3) is 0 Å². The maximum Gasteiger partial charge on any atom is 0.243 e. The average molecular weight is 313 g/mol. The van der Waals surface area contributed by atoms with Crippen LogP contribution in [0.25, 0.3) is 0 Å². The van der Waals surface area contributed by atoms with Crippen LogP contribution in [0.2, 0.25) is 0 Å². The maximum absolute atomic E-state index is 12.7. The van der Waals surface area contributed by atoms with Crippen LogP contribution < -0.4 is 9.47 Å². The lowest BCUT2D eigenvalue weighted by Crippen LogP contribution is -2.29. The van der Waals surface area contributed by atoms with Crippen molar-refractivity contribution in [2.24, 2.45) is 11.8 Å². The van der Waals surface area contributed by atoms with Gasteiger partial charge in [-0.25, -0.2) is 8.42 Å². The number of fused-ring (bicyclic) bond motifs is 1. The first-order valence-corrected chi connectivity index (χ1v) is 8.47. The molecule has 6 nitrogen and oxygen atoms in total. The van der Waals surface area contributed by atoms with Crippen LogP contribution in [0.1, 0.15) is 6.92 Å². The maximum atomic E-state index is 12.7. The van der Waals surface area contributed by atoms with Gasteiger partial charge in [0.1, 0.15) is 13.2 Å². The van der Waals surface area contributed by atoms with Crippen LogP contribution in [0.3, 0.4) is 0 Å². The van der Waals surface area contributed by atoms with Crippen LogP contribution in [-0.4, -0.2) is 50.7 Å². The summed E-state index contributed by atoms with van der Waals surface area (Å²) in [5.41, 5.74) is 0. The van der Waals surface area contributed by atoms with Crippen LogP contribution in [0.4, 0.5) is 0 Å². The third-order valence-electron chi connectivity index (χ3n) is 4.12. The molecular formula is C14H19NO5S. The first kappa shape index (κ1) is 14.6. The summed E-state index contributed by atoms with van der Waals surface area (Å²) < 4.78 is 37.6. The molecule has 1 fully saturated rings. The fourth-order valence-corrected chi connectivity index (χ4v) is 4.37. The number of rotatable bonds is 3. The van der Waals surface area contributed by atoms with Crippen LogP contribution >= 0.6 is 0 Å². The molecule has 1 N–H and O–H groups in total. The van der Waals surface area contributed by atoms with Crippen molar-refractivity contribution in [3.05, 3.63) is 18.2 Å². The molecule has 21 heavy (non-hydrogen) atoms. The Morgan fingerprint density at radius 1 is 1.24 bits per heavy atom. The Morgan fingerprint density at radius 3 is 2.62 bits per heavy atom. The van der Waals surface area contributed by atoms with Crippen molar-refractivity contribution < 1.29 is 23.0 Å². The summed E-state index contributed by atoms with van der Waals surface area (Å²) in [6, 6.07) is 4.69. The molecule has 2 aliphatic heterocycles. The van der Waals surface area contributed by atoms with Crippen molar-refractivity contribution in [2.75, 3.05) is 32.9 Å². The van der Waals surface area contributed by atoms with Crippen molar-refractivity contribution in [2.45, 2.75) is 11.8 Å². The van der Waals surface area contributed by atoms with Crippen molar-refractivity contribution >= 4 is 10.0 Å². The van der Waals surface area contributed by atoms with E-state index in [2.05, 4.69) is 0 Å². The van der Waals surface area contributed by atoms with E-state index in [1.54, 1.807) is 12.1 Å². The minimum absolute atomic E-state index is 0.00279. The number of nitrogens with zero attached hydrogens (tertiary/aromatic N) is 1. The van der Waals surface area contributed by atoms with E-state index in [0.29, 0.717) is 37.8 Å². The minimum Gasteiger partial charge on any atom is -0.486 e. The predicted molar refractivity (Wildman–Crippen MR) is 75.9 cm³/mol. The monoisotopic (exact) mass is 313 g/mol. The molecule has 0 aromatic heterocycles. The van der Waals surface area contributed by atoms with E-state index in [1.165, 1.54) is 10.4 Å². The molecule has 7 heteroatoms. The van der Waals surface area contributed by atoms with Crippen molar-refractivity contribution in [3.63, 3.8) is 0 Å². The zero-order valence-corrected chi connectivity index (χ0v) is 12.7. The molecule has 0 saturated carbocycles. The van der Waals surface area contributed by atoms with Crippen LogP contribution in [0.5, 0.6) is 11.5 Å². The number of ether oxygens (including phenoxy) is 2. The van der Waals surface area contributed by atoms with E-state index in [-0.39, 0.29) is 23.3 Å². The highest BCUT2D eigenvalue weighted by atomic mass is 32.2. The molecule has 2 atom stereocenters. The first-order valence-electron chi connectivity index (χ1n) is 7.03.